The molecule has 1 aliphatic heterocycles. The van der Waals surface area contributed by atoms with Crippen molar-refractivity contribution in [1.82, 2.24) is 9.88 Å². The van der Waals surface area contributed by atoms with Gasteiger partial charge in [0, 0.05) is 37.5 Å². The van der Waals surface area contributed by atoms with Crippen LogP contribution in [0.2, 0.25) is 0 Å². The molecule has 0 bridgehead atoms. The normalized spacial score (nSPS) is 38.9. The molecule has 5 rings (SSSR count). The van der Waals surface area contributed by atoms with Crippen molar-refractivity contribution >= 4 is 11.5 Å². The number of carbonyl (C=O) groups is 1. The van der Waals surface area contributed by atoms with Crippen molar-refractivity contribution in [2.75, 3.05) is 13.6 Å². The van der Waals surface area contributed by atoms with Crippen LogP contribution in [-0.2, 0) is 4.79 Å². The minimum atomic E-state index is 0.124. The first-order valence-electron chi connectivity index (χ1n) is 11.1. The molecule has 2 saturated carbocycles. The maximum absolute atomic E-state index is 12.6. The van der Waals surface area contributed by atoms with Crippen LogP contribution >= 0.6 is 0 Å². The molecule has 2 heterocycles. The maximum atomic E-state index is 12.6. The number of rotatable bonds is 1. The van der Waals surface area contributed by atoms with Crippen LogP contribution in [-0.4, -0.2) is 29.4 Å². The summed E-state index contributed by atoms with van der Waals surface area (Å²) in [7, 11) is 1.95. The van der Waals surface area contributed by atoms with Gasteiger partial charge in [0.15, 0.2) is 0 Å². The van der Waals surface area contributed by atoms with Crippen molar-refractivity contribution < 1.29 is 4.79 Å². The van der Waals surface area contributed by atoms with Crippen LogP contribution in [0.15, 0.2) is 53.9 Å². The Balaban J connectivity index is 1.52. The Bertz CT molecular complexity index is 943. The summed E-state index contributed by atoms with van der Waals surface area (Å²) in [5.41, 5.74) is 5.99. The largest absolute Gasteiger partial charge is 0.342 e. The zero-order valence-electron chi connectivity index (χ0n) is 18.1. The number of hydrogen-bond acceptors (Lipinski definition) is 2. The second-order valence-electron chi connectivity index (χ2n) is 10.2. The highest BCUT2D eigenvalue weighted by atomic mass is 16.2. The van der Waals surface area contributed by atoms with Gasteiger partial charge in [0.25, 0.3) is 0 Å². The van der Waals surface area contributed by atoms with Gasteiger partial charge in [-0.25, -0.2) is 0 Å². The SMILES string of the molecule is CC1CC2C3=CC=C(c4cccnc4)[C@@]3(C)CCC2[C@@]2(C)CCN(C)C(=O)C=C12. The van der Waals surface area contributed by atoms with E-state index in [0.29, 0.717) is 17.8 Å². The lowest BCUT2D eigenvalue weighted by Crippen LogP contribution is -2.48. The molecule has 0 N–H and O–H groups in total. The number of allylic oxidation sites excluding steroid dienone is 5. The van der Waals surface area contributed by atoms with E-state index in [2.05, 4.69) is 44.0 Å². The van der Waals surface area contributed by atoms with E-state index in [0.717, 1.165) is 13.0 Å². The summed E-state index contributed by atoms with van der Waals surface area (Å²) in [6.45, 7) is 8.10. The molecule has 4 aliphatic rings. The van der Waals surface area contributed by atoms with Crippen LogP contribution in [0.5, 0.6) is 0 Å². The monoisotopic (exact) mass is 388 g/mol. The fourth-order valence-electron chi connectivity index (χ4n) is 7.04. The Hall–Kier alpha value is -2.16. The van der Waals surface area contributed by atoms with E-state index in [1.165, 1.54) is 36.0 Å². The van der Waals surface area contributed by atoms with Gasteiger partial charge in [0.2, 0.25) is 5.91 Å². The Kier molecular flexibility index (Phi) is 4.17. The molecule has 0 aromatic carbocycles. The number of amides is 1. The summed E-state index contributed by atoms with van der Waals surface area (Å²) in [6.07, 6.45) is 15.3. The zero-order valence-corrected chi connectivity index (χ0v) is 18.1. The quantitative estimate of drug-likeness (QED) is 0.656. The predicted molar refractivity (Wildman–Crippen MR) is 117 cm³/mol. The van der Waals surface area contributed by atoms with Gasteiger partial charge in [-0.05, 0) is 66.1 Å². The molecule has 29 heavy (non-hydrogen) atoms. The molecule has 0 spiro atoms. The maximum Gasteiger partial charge on any atom is 0.246 e. The first-order valence-corrected chi connectivity index (χ1v) is 11.1. The van der Waals surface area contributed by atoms with Gasteiger partial charge < -0.3 is 4.90 Å². The van der Waals surface area contributed by atoms with E-state index in [-0.39, 0.29) is 16.7 Å². The fraction of sp³-hybridized carbons (Fsp3) is 0.538. The second kappa shape index (κ2) is 6.42. The average molecular weight is 389 g/mol. The third kappa shape index (κ3) is 2.62. The number of carbonyl (C=O) groups excluding carboxylic acids is 1. The lowest BCUT2D eigenvalue weighted by Gasteiger charge is -2.56. The highest BCUT2D eigenvalue weighted by molar-refractivity contribution is 5.89. The summed E-state index contributed by atoms with van der Waals surface area (Å²) >= 11 is 0. The van der Waals surface area contributed by atoms with E-state index in [1.807, 2.05) is 36.5 Å². The van der Waals surface area contributed by atoms with Crippen LogP contribution in [0.25, 0.3) is 5.57 Å². The van der Waals surface area contributed by atoms with Gasteiger partial charge in [-0.2, -0.15) is 0 Å². The second-order valence-corrected chi connectivity index (χ2v) is 10.2. The van der Waals surface area contributed by atoms with Crippen molar-refractivity contribution in [2.45, 2.75) is 46.5 Å². The molecule has 3 nitrogen and oxygen atoms in total. The van der Waals surface area contributed by atoms with Crippen molar-refractivity contribution in [3.63, 3.8) is 0 Å². The first-order chi connectivity index (χ1) is 13.8. The number of fused-ring (bicyclic) bond motifs is 5. The molecule has 1 aromatic heterocycles. The van der Waals surface area contributed by atoms with Gasteiger partial charge >= 0.3 is 0 Å². The number of hydrogen-bond donors (Lipinski definition) is 0. The van der Waals surface area contributed by atoms with E-state index < -0.39 is 0 Å². The fourth-order valence-corrected chi connectivity index (χ4v) is 7.04. The molecule has 3 heteroatoms. The van der Waals surface area contributed by atoms with Crippen molar-refractivity contribution in [3.05, 3.63) is 59.5 Å². The van der Waals surface area contributed by atoms with Gasteiger partial charge in [0.1, 0.15) is 0 Å². The smallest absolute Gasteiger partial charge is 0.246 e. The molecule has 3 unspecified atom stereocenters. The number of likely N-dealkylation sites (N-methyl/N-ethyl adjacent to an activating group) is 1. The van der Waals surface area contributed by atoms with E-state index in [1.54, 1.807) is 5.57 Å². The Labute approximate surface area is 174 Å². The Morgan fingerprint density at radius 2 is 2.00 bits per heavy atom. The molecular weight excluding hydrogens is 356 g/mol. The molecule has 1 aromatic rings. The van der Waals surface area contributed by atoms with Gasteiger partial charge in [-0.3, -0.25) is 9.78 Å². The molecule has 152 valence electrons. The number of nitrogens with zero attached hydrogens (tertiary/aromatic N) is 2. The predicted octanol–water partition coefficient (Wildman–Crippen LogP) is 5.27. The standard InChI is InChI=1S/C26H32N2O/c1-17-14-19-21-8-7-20(18-6-5-12-27-16-18)25(21,2)10-9-22(19)26(3)11-13-28(4)24(29)15-23(17)26/h5-8,12,15-17,19,22H,9-11,13-14H2,1-4H3/t17?,19?,22?,25-,26-/m1/s1. The van der Waals surface area contributed by atoms with E-state index in [9.17, 15) is 4.79 Å². The number of pyridine rings is 1. The Morgan fingerprint density at radius 1 is 1.17 bits per heavy atom. The molecule has 0 radical (unpaired) electrons. The minimum absolute atomic E-state index is 0.124. The number of aromatic nitrogens is 1. The van der Waals surface area contributed by atoms with Crippen LogP contribution in [0.4, 0.5) is 0 Å². The topological polar surface area (TPSA) is 33.2 Å². The summed E-state index contributed by atoms with van der Waals surface area (Å²) in [5.74, 6) is 1.89. The van der Waals surface area contributed by atoms with Crippen LogP contribution in [0.1, 0.15) is 52.0 Å². The van der Waals surface area contributed by atoms with E-state index in [4.69, 9.17) is 0 Å². The molecule has 2 fully saturated rings. The molecule has 1 amide bonds. The average Bonchev–Trinajstić information content (AvgIpc) is 3.01. The molecular formula is C26H32N2O. The van der Waals surface area contributed by atoms with E-state index >= 15 is 0 Å². The molecule has 0 saturated heterocycles. The van der Waals surface area contributed by atoms with Crippen LogP contribution in [0.3, 0.4) is 0 Å². The van der Waals surface area contributed by atoms with Gasteiger partial charge in [0.05, 0.1) is 0 Å². The third-order valence-corrected chi connectivity index (χ3v) is 8.71. The van der Waals surface area contributed by atoms with Gasteiger partial charge in [-0.15, -0.1) is 0 Å². The first kappa shape index (κ1) is 18.8. The summed E-state index contributed by atoms with van der Waals surface area (Å²) < 4.78 is 0. The van der Waals surface area contributed by atoms with Crippen LogP contribution in [0, 0.1) is 28.6 Å². The lowest BCUT2D eigenvalue weighted by atomic mass is 9.47. The molecule has 3 aliphatic carbocycles. The third-order valence-electron chi connectivity index (χ3n) is 8.71. The summed E-state index contributed by atoms with van der Waals surface area (Å²) in [4.78, 5) is 18.9. The minimum Gasteiger partial charge on any atom is -0.342 e. The lowest BCUT2D eigenvalue weighted by molar-refractivity contribution is -0.124. The van der Waals surface area contributed by atoms with Crippen LogP contribution < -0.4 is 0 Å². The Morgan fingerprint density at radius 3 is 2.76 bits per heavy atom. The van der Waals surface area contributed by atoms with Crippen molar-refractivity contribution in [3.8, 4) is 0 Å². The van der Waals surface area contributed by atoms with Crippen molar-refractivity contribution in [1.29, 1.82) is 0 Å². The highest BCUT2D eigenvalue weighted by Gasteiger charge is 2.55. The highest BCUT2D eigenvalue weighted by Crippen LogP contribution is 2.65. The zero-order chi connectivity index (χ0) is 20.4. The molecule has 5 atom stereocenters. The summed E-state index contributed by atoms with van der Waals surface area (Å²) in [5, 5.41) is 0. The van der Waals surface area contributed by atoms with Gasteiger partial charge in [-0.1, -0.05) is 50.1 Å². The summed E-state index contributed by atoms with van der Waals surface area (Å²) in [6, 6.07) is 4.24. The van der Waals surface area contributed by atoms with Crippen molar-refractivity contribution in [2.24, 2.45) is 28.6 Å².